The Morgan fingerprint density at radius 1 is 1.50 bits per heavy atom. The Kier molecular flexibility index (Phi) is 10.5. The fourth-order valence-corrected chi connectivity index (χ4v) is 0.591. The maximum Gasteiger partial charge on any atom is 0.322 e. The molecule has 4 heteroatoms. The van der Waals surface area contributed by atoms with Crippen molar-refractivity contribution in [1.29, 1.82) is 0 Å². The molecule has 0 aromatic heterocycles. The van der Waals surface area contributed by atoms with Crippen molar-refractivity contribution in [3.05, 3.63) is 0 Å². The largest absolute Gasteiger partial charge is 0.465 e. The molecule has 0 bridgehead atoms. The molecule has 3 nitrogen and oxygen atoms in total. The van der Waals surface area contributed by atoms with E-state index in [-0.39, 0.29) is 18.4 Å². The number of carbonyl (C=O) groups is 1. The highest BCUT2D eigenvalue weighted by Crippen LogP contribution is 1.93. The third-order valence-corrected chi connectivity index (χ3v) is 1.48. The Hall–Kier alpha value is -0.280. The number of halogens is 1. The van der Waals surface area contributed by atoms with Crippen LogP contribution >= 0.6 is 12.4 Å². The molecule has 0 aliphatic heterocycles. The van der Waals surface area contributed by atoms with Gasteiger partial charge in [0.1, 0.15) is 6.04 Å². The number of hydrogen-bond acceptors (Lipinski definition) is 3. The van der Waals surface area contributed by atoms with Crippen LogP contribution < -0.4 is 5.73 Å². The molecule has 0 unspecified atom stereocenters. The number of rotatable bonds is 5. The quantitative estimate of drug-likeness (QED) is 0.534. The van der Waals surface area contributed by atoms with Gasteiger partial charge in [0.2, 0.25) is 0 Å². The van der Waals surface area contributed by atoms with E-state index in [4.69, 9.17) is 10.5 Å². The van der Waals surface area contributed by atoms with Crippen LogP contribution in [0.15, 0.2) is 0 Å². The third-order valence-electron chi connectivity index (χ3n) is 1.48. The van der Waals surface area contributed by atoms with Gasteiger partial charge < -0.3 is 10.5 Å². The summed E-state index contributed by atoms with van der Waals surface area (Å²) >= 11 is 0. The molecule has 2 N–H and O–H groups in total. The maximum absolute atomic E-state index is 10.9. The van der Waals surface area contributed by atoms with Crippen molar-refractivity contribution >= 4 is 18.4 Å². The highest BCUT2D eigenvalue weighted by atomic mass is 35.5. The van der Waals surface area contributed by atoms with Crippen LogP contribution in [-0.2, 0) is 9.53 Å². The van der Waals surface area contributed by atoms with Gasteiger partial charge in [-0.05, 0) is 12.8 Å². The molecular weight excluding hydrogens is 178 g/mol. The van der Waals surface area contributed by atoms with E-state index in [9.17, 15) is 4.79 Å². The molecule has 0 rings (SSSR count). The zero-order chi connectivity index (χ0) is 8.69. The Morgan fingerprint density at radius 2 is 2.08 bits per heavy atom. The average molecular weight is 196 g/mol. The number of unbranched alkanes of at least 4 members (excludes halogenated alkanes) is 1. The van der Waals surface area contributed by atoms with E-state index >= 15 is 0 Å². The molecule has 0 aromatic carbocycles. The van der Waals surface area contributed by atoms with E-state index in [1.54, 1.807) is 0 Å². The Labute approximate surface area is 80.1 Å². The highest BCUT2D eigenvalue weighted by Gasteiger charge is 2.10. The number of nitrogens with two attached hydrogens (primary N) is 1. The molecule has 0 heterocycles. The lowest BCUT2D eigenvalue weighted by Gasteiger charge is -2.07. The molecule has 0 radical (unpaired) electrons. The van der Waals surface area contributed by atoms with E-state index in [1.165, 1.54) is 0 Å². The first-order valence-electron chi connectivity index (χ1n) is 4.14. The monoisotopic (exact) mass is 195 g/mol. The smallest absolute Gasteiger partial charge is 0.322 e. The molecule has 12 heavy (non-hydrogen) atoms. The van der Waals surface area contributed by atoms with Crippen LogP contribution in [0.3, 0.4) is 0 Å². The van der Waals surface area contributed by atoms with Gasteiger partial charge in [-0.15, -0.1) is 12.4 Å². The first-order valence-corrected chi connectivity index (χ1v) is 4.14. The van der Waals surface area contributed by atoms with Gasteiger partial charge in [0, 0.05) is 0 Å². The third kappa shape index (κ3) is 6.43. The van der Waals surface area contributed by atoms with Crippen LogP contribution in [0.4, 0.5) is 0 Å². The number of hydrogen-bond donors (Lipinski definition) is 1. The van der Waals surface area contributed by atoms with Crippen LogP contribution in [0.5, 0.6) is 0 Å². The molecule has 0 aliphatic rings. The van der Waals surface area contributed by atoms with Gasteiger partial charge in [-0.25, -0.2) is 0 Å². The fraction of sp³-hybridized carbons (Fsp3) is 0.875. The number of ether oxygens (including phenoxy) is 1. The molecule has 0 saturated heterocycles. The minimum Gasteiger partial charge on any atom is -0.465 e. The normalized spacial score (nSPS) is 11.6. The van der Waals surface area contributed by atoms with Gasteiger partial charge in [0.15, 0.2) is 0 Å². The van der Waals surface area contributed by atoms with Crippen molar-refractivity contribution in [3.63, 3.8) is 0 Å². The van der Waals surface area contributed by atoms with Crippen molar-refractivity contribution in [3.8, 4) is 0 Å². The standard InChI is InChI=1S/C8H17NO2.ClH/c1-3-5-6-11-8(10)7(9)4-2;/h7H,3-6,9H2,1-2H3;1H/t7-;/m0./s1. The summed E-state index contributed by atoms with van der Waals surface area (Å²) < 4.78 is 4.87. The molecule has 0 fully saturated rings. The first-order chi connectivity index (χ1) is 5.22. The summed E-state index contributed by atoms with van der Waals surface area (Å²) in [5, 5.41) is 0. The summed E-state index contributed by atoms with van der Waals surface area (Å²) in [5.74, 6) is -0.277. The Morgan fingerprint density at radius 3 is 2.50 bits per heavy atom. The van der Waals surface area contributed by atoms with Gasteiger partial charge in [0.25, 0.3) is 0 Å². The van der Waals surface area contributed by atoms with Gasteiger partial charge >= 0.3 is 5.97 Å². The molecule has 74 valence electrons. The number of carbonyl (C=O) groups excluding carboxylic acids is 1. The summed E-state index contributed by atoms with van der Waals surface area (Å²) in [6, 6.07) is -0.438. The van der Waals surface area contributed by atoms with E-state index in [0.717, 1.165) is 12.8 Å². The second kappa shape index (κ2) is 8.81. The zero-order valence-corrected chi connectivity index (χ0v) is 8.52. The van der Waals surface area contributed by atoms with Crippen molar-refractivity contribution in [2.24, 2.45) is 5.73 Å². The molecular formula is C8H18ClNO2. The van der Waals surface area contributed by atoms with Crippen LogP contribution in [0.1, 0.15) is 33.1 Å². The lowest BCUT2D eigenvalue weighted by atomic mass is 10.2. The minimum absolute atomic E-state index is 0. The topological polar surface area (TPSA) is 52.3 Å². The van der Waals surface area contributed by atoms with Crippen LogP contribution in [-0.4, -0.2) is 18.6 Å². The molecule has 0 spiro atoms. The van der Waals surface area contributed by atoms with E-state index < -0.39 is 6.04 Å². The zero-order valence-electron chi connectivity index (χ0n) is 7.71. The first kappa shape index (κ1) is 14.3. The van der Waals surface area contributed by atoms with Crippen molar-refractivity contribution in [1.82, 2.24) is 0 Å². The summed E-state index contributed by atoms with van der Waals surface area (Å²) in [7, 11) is 0. The molecule has 0 aromatic rings. The number of esters is 1. The highest BCUT2D eigenvalue weighted by molar-refractivity contribution is 5.85. The van der Waals surface area contributed by atoms with E-state index in [1.807, 2.05) is 13.8 Å². The summed E-state index contributed by atoms with van der Waals surface area (Å²) in [6.45, 7) is 4.42. The summed E-state index contributed by atoms with van der Waals surface area (Å²) in [4.78, 5) is 10.9. The van der Waals surface area contributed by atoms with Crippen LogP contribution in [0, 0.1) is 0 Å². The summed E-state index contributed by atoms with van der Waals surface area (Å²) in [6.07, 6.45) is 2.60. The molecule has 0 aliphatic carbocycles. The summed E-state index contributed by atoms with van der Waals surface area (Å²) in [5.41, 5.74) is 5.42. The van der Waals surface area contributed by atoms with E-state index in [0.29, 0.717) is 13.0 Å². The SMILES string of the molecule is CCCCOC(=O)[C@@H](N)CC.Cl. The average Bonchev–Trinajstić information content (AvgIpc) is 2.03. The predicted octanol–water partition coefficient (Wildman–Crippen LogP) is 1.49. The van der Waals surface area contributed by atoms with E-state index in [2.05, 4.69) is 0 Å². The van der Waals surface area contributed by atoms with Crippen LogP contribution in [0.25, 0.3) is 0 Å². The maximum atomic E-state index is 10.9. The van der Waals surface area contributed by atoms with Crippen LogP contribution in [0.2, 0.25) is 0 Å². The second-order valence-electron chi connectivity index (χ2n) is 2.54. The Balaban J connectivity index is 0. The van der Waals surface area contributed by atoms with Crippen molar-refractivity contribution in [2.45, 2.75) is 39.2 Å². The van der Waals surface area contributed by atoms with Crippen molar-refractivity contribution in [2.75, 3.05) is 6.61 Å². The lowest BCUT2D eigenvalue weighted by Crippen LogP contribution is -2.31. The Bertz CT molecular complexity index is 120. The van der Waals surface area contributed by atoms with Gasteiger partial charge in [-0.1, -0.05) is 20.3 Å². The fourth-order valence-electron chi connectivity index (χ4n) is 0.591. The lowest BCUT2D eigenvalue weighted by molar-refractivity contribution is -0.145. The van der Waals surface area contributed by atoms with Gasteiger partial charge in [-0.3, -0.25) is 4.79 Å². The second-order valence-corrected chi connectivity index (χ2v) is 2.54. The van der Waals surface area contributed by atoms with Crippen molar-refractivity contribution < 1.29 is 9.53 Å². The predicted molar refractivity (Wildman–Crippen MR) is 51.4 cm³/mol. The van der Waals surface area contributed by atoms with Gasteiger partial charge in [-0.2, -0.15) is 0 Å². The molecule has 0 saturated carbocycles. The van der Waals surface area contributed by atoms with Gasteiger partial charge in [0.05, 0.1) is 6.61 Å². The minimum atomic E-state index is -0.438. The molecule has 1 atom stereocenters. The molecule has 0 amide bonds.